The summed E-state index contributed by atoms with van der Waals surface area (Å²) in [5.74, 6) is 3.00. The lowest BCUT2D eigenvalue weighted by molar-refractivity contribution is 0.0363. The van der Waals surface area contributed by atoms with Gasteiger partial charge in [-0.1, -0.05) is 6.42 Å². The van der Waals surface area contributed by atoms with Crippen LogP contribution in [-0.2, 0) is 4.74 Å². The molecule has 3 atom stereocenters. The molecule has 2 aliphatic carbocycles. The van der Waals surface area contributed by atoms with Gasteiger partial charge < -0.3 is 4.74 Å². The van der Waals surface area contributed by atoms with Crippen LogP contribution in [-0.4, -0.2) is 12.7 Å². The van der Waals surface area contributed by atoms with Crippen molar-refractivity contribution in [1.29, 1.82) is 0 Å². The van der Waals surface area contributed by atoms with Gasteiger partial charge in [0.2, 0.25) is 0 Å². The van der Waals surface area contributed by atoms with Gasteiger partial charge in [-0.25, -0.2) is 0 Å². The normalized spacial score (nSPS) is 39.8. The summed E-state index contributed by atoms with van der Waals surface area (Å²) in [6.07, 6.45) is 6.37. The third-order valence-electron chi connectivity index (χ3n) is 3.53. The van der Waals surface area contributed by atoms with E-state index in [1.54, 1.807) is 0 Å². The summed E-state index contributed by atoms with van der Waals surface area (Å²) in [4.78, 5) is 0. The van der Waals surface area contributed by atoms with Gasteiger partial charge in [-0.05, 0) is 50.9 Å². The summed E-state index contributed by atoms with van der Waals surface area (Å²) >= 11 is 0. The highest BCUT2D eigenvalue weighted by molar-refractivity contribution is 4.89. The van der Waals surface area contributed by atoms with E-state index >= 15 is 0 Å². The first-order chi connectivity index (χ1) is 5.75. The first kappa shape index (κ1) is 8.55. The molecular weight excluding hydrogens is 148 g/mol. The Kier molecular flexibility index (Phi) is 2.40. The molecular formula is C11H20O. The summed E-state index contributed by atoms with van der Waals surface area (Å²) in [5, 5.41) is 0. The van der Waals surface area contributed by atoms with Crippen LogP contribution in [0.3, 0.4) is 0 Å². The molecule has 0 amide bonds. The Labute approximate surface area is 75.5 Å². The fourth-order valence-corrected chi connectivity index (χ4v) is 2.90. The molecule has 70 valence electrons. The average Bonchev–Trinajstić information content (AvgIpc) is 2.60. The predicted octanol–water partition coefficient (Wildman–Crippen LogP) is 2.85. The van der Waals surface area contributed by atoms with E-state index < -0.39 is 0 Å². The highest BCUT2D eigenvalue weighted by atomic mass is 16.5. The van der Waals surface area contributed by atoms with Gasteiger partial charge >= 0.3 is 0 Å². The van der Waals surface area contributed by atoms with E-state index in [0.717, 1.165) is 24.4 Å². The lowest BCUT2D eigenvalue weighted by Gasteiger charge is -2.22. The van der Waals surface area contributed by atoms with Crippen LogP contribution < -0.4 is 0 Å². The highest BCUT2D eigenvalue weighted by Crippen LogP contribution is 2.48. The first-order valence-corrected chi connectivity index (χ1v) is 5.37. The van der Waals surface area contributed by atoms with Gasteiger partial charge in [-0.15, -0.1) is 0 Å². The average molecular weight is 168 g/mol. The summed E-state index contributed by atoms with van der Waals surface area (Å²) < 4.78 is 5.68. The molecule has 0 saturated heterocycles. The number of ether oxygens (including phenoxy) is 1. The lowest BCUT2D eigenvalue weighted by atomic mass is 9.89. The van der Waals surface area contributed by atoms with Crippen LogP contribution >= 0.6 is 0 Å². The zero-order valence-corrected chi connectivity index (χ0v) is 8.25. The maximum absolute atomic E-state index is 5.68. The Balaban J connectivity index is 1.76. The molecule has 2 rings (SSSR count). The molecule has 2 bridgehead atoms. The van der Waals surface area contributed by atoms with E-state index in [1.807, 2.05) is 0 Å². The maximum Gasteiger partial charge on any atom is 0.0519 e. The zero-order chi connectivity index (χ0) is 8.55. The molecule has 0 aliphatic heterocycles. The van der Waals surface area contributed by atoms with Crippen molar-refractivity contribution in [3.8, 4) is 0 Å². The maximum atomic E-state index is 5.68. The topological polar surface area (TPSA) is 9.23 Å². The molecule has 1 unspecified atom stereocenters. The van der Waals surface area contributed by atoms with Crippen LogP contribution in [0.5, 0.6) is 0 Å². The van der Waals surface area contributed by atoms with Gasteiger partial charge in [0.25, 0.3) is 0 Å². The Morgan fingerprint density at radius 3 is 2.58 bits per heavy atom. The van der Waals surface area contributed by atoms with E-state index in [0.29, 0.717) is 6.10 Å². The van der Waals surface area contributed by atoms with E-state index in [2.05, 4.69) is 13.8 Å². The lowest BCUT2D eigenvalue weighted by Crippen LogP contribution is -2.19. The first-order valence-electron chi connectivity index (χ1n) is 5.37. The summed E-state index contributed by atoms with van der Waals surface area (Å²) in [6, 6.07) is 0. The second kappa shape index (κ2) is 3.37. The Bertz CT molecular complexity index is 153. The number of fused-ring (bicyclic) bond motifs is 2. The second-order valence-electron chi connectivity index (χ2n) is 4.82. The molecule has 2 saturated carbocycles. The third kappa shape index (κ3) is 1.66. The molecule has 2 fully saturated rings. The SMILES string of the molecule is CC(C)OC[C@@H]1CC2CC[C@H]1C2. The molecule has 2 aliphatic rings. The Morgan fingerprint density at radius 1 is 1.25 bits per heavy atom. The van der Waals surface area contributed by atoms with Crippen LogP contribution in [0.15, 0.2) is 0 Å². The number of hydrogen-bond donors (Lipinski definition) is 0. The smallest absolute Gasteiger partial charge is 0.0519 e. The Morgan fingerprint density at radius 2 is 2.08 bits per heavy atom. The minimum absolute atomic E-state index is 0.420. The molecule has 0 N–H and O–H groups in total. The van der Waals surface area contributed by atoms with Gasteiger partial charge in [0.15, 0.2) is 0 Å². The number of rotatable bonds is 3. The summed E-state index contributed by atoms with van der Waals surface area (Å²) in [7, 11) is 0. The van der Waals surface area contributed by atoms with Crippen molar-refractivity contribution >= 4 is 0 Å². The van der Waals surface area contributed by atoms with E-state index in [4.69, 9.17) is 4.74 Å². The van der Waals surface area contributed by atoms with Gasteiger partial charge in [0, 0.05) is 0 Å². The zero-order valence-electron chi connectivity index (χ0n) is 8.25. The third-order valence-corrected chi connectivity index (χ3v) is 3.53. The van der Waals surface area contributed by atoms with Crippen molar-refractivity contribution in [1.82, 2.24) is 0 Å². The second-order valence-corrected chi connectivity index (χ2v) is 4.82. The molecule has 0 radical (unpaired) electrons. The van der Waals surface area contributed by atoms with Gasteiger partial charge in [0.05, 0.1) is 12.7 Å². The molecule has 0 aromatic rings. The van der Waals surface area contributed by atoms with Crippen molar-refractivity contribution in [3.05, 3.63) is 0 Å². The summed E-state index contributed by atoms with van der Waals surface area (Å²) in [6.45, 7) is 5.29. The summed E-state index contributed by atoms with van der Waals surface area (Å²) in [5.41, 5.74) is 0. The fourth-order valence-electron chi connectivity index (χ4n) is 2.90. The highest BCUT2D eigenvalue weighted by Gasteiger charge is 2.39. The van der Waals surface area contributed by atoms with Crippen LogP contribution in [0, 0.1) is 17.8 Å². The number of hydrogen-bond acceptors (Lipinski definition) is 1. The minimum atomic E-state index is 0.420. The van der Waals surface area contributed by atoms with Gasteiger partial charge in [0.1, 0.15) is 0 Å². The molecule has 1 heteroatoms. The fraction of sp³-hybridized carbons (Fsp3) is 1.00. The van der Waals surface area contributed by atoms with Crippen molar-refractivity contribution in [3.63, 3.8) is 0 Å². The van der Waals surface area contributed by atoms with E-state index in [1.165, 1.54) is 25.7 Å². The van der Waals surface area contributed by atoms with Gasteiger partial charge in [-0.2, -0.15) is 0 Å². The van der Waals surface area contributed by atoms with Crippen LogP contribution in [0.1, 0.15) is 39.5 Å². The van der Waals surface area contributed by atoms with Gasteiger partial charge in [-0.3, -0.25) is 0 Å². The molecule has 0 aromatic heterocycles. The standard InChI is InChI=1S/C11H20O/c1-8(2)12-7-11-6-9-3-4-10(11)5-9/h8-11H,3-7H2,1-2H3/t9?,10-,11-/m0/s1. The molecule has 12 heavy (non-hydrogen) atoms. The largest absolute Gasteiger partial charge is 0.378 e. The van der Waals surface area contributed by atoms with E-state index in [9.17, 15) is 0 Å². The van der Waals surface area contributed by atoms with Crippen LogP contribution in [0.25, 0.3) is 0 Å². The van der Waals surface area contributed by atoms with Crippen LogP contribution in [0.2, 0.25) is 0 Å². The minimum Gasteiger partial charge on any atom is -0.378 e. The van der Waals surface area contributed by atoms with Crippen LogP contribution in [0.4, 0.5) is 0 Å². The van der Waals surface area contributed by atoms with Crippen molar-refractivity contribution in [2.75, 3.05) is 6.61 Å². The monoisotopic (exact) mass is 168 g/mol. The Hall–Kier alpha value is -0.0400. The van der Waals surface area contributed by atoms with E-state index in [-0.39, 0.29) is 0 Å². The van der Waals surface area contributed by atoms with Crippen molar-refractivity contribution in [2.24, 2.45) is 17.8 Å². The molecule has 1 nitrogen and oxygen atoms in total. The van der Waals surface area contributed by atoms with Crippen molar-refractivity contribution in [2.45, 2.75) is 45.6 Å². The van der Waals surface area contributed by atoms with Crippen molar-refractivity contribution < 1.29 is 4.74 Å². The molecule has 0 aromatic carbocycles. The molecule has 0 spiro atoms. The quantitative estimate of drug-likeness (QED) is 0.629. The molecule has 0 heterocycles. The predicted molar refractivity (Wildman–Crippen MR) is 50.0 cm³/mol.